The summed E-state index contributed by atoms with van der Waals surface area (Å²) >= 11 is 0. The maximum absolute atomic E-state index is 11.4. The summed E-state index contributed by atoms with van der Waals surface area (Å²) in [7, 11) is 1.53. The maximum Gasteiger partial charge on any atom is 0.397 e. The number of amides is 1. The number of hydrogen-bond acceptors (Lipinski definition) is 4. The first-order chi connectivity index (χ1) is 7.15. The van der Waals surface area contributed by atoms with Crippen molar-refractivity contribution in [2.45, 2.75) is 13.5 Å². The lowest BCUT2D eigenvalue weighted by Crippen LogP contribution is -2.34. The van der Waals surface area contributed by atoms with E-state index in [2.05, 4.69) is 4.74 Å². The number of carbonyl (C=O) groups excluding carboxylic acids is 2. The standard InChI is InChI=1S/C10H13NO4/c1-3-15-10(13)9(12)11(2)6-8-4-5-14-7-8/h4-5,7H,3,6H2,1-2H3. The molecule has 0 bridgehead atoms. The van der Waals surface area contributed by atoms with E-state index in [1.165, 1.54) is 24.5 Å². The van der Waals surface area contributed by atoms with Crippen LogP contribution < -0.4 is 0 Å². The van der Waals surface area contributed by atoms with Gasteiger partial charge in [0.2, 0.25) is 0 Å². The van der Waals surface area contributed by atoms with Gasteiger partial charge in [0, 0.05) is 19.2 Å². The summed E-state index contributed by atoms with van der Waals surface area (Å²) in [6.45, 7) is 2.18. The number of hydrogen-bond donors (Lipinski definition) is 0. The number of ether oxygens (including phenoxy) is 1. The van der Waals surface area contributed by atoms with Crippen LogP contribution in [0.25, 0.3) is 0 Å². The SMILES string of the molecule is CCOC(=O)C(=O)N(C)Cc1ccoc1. The van der Waals surface area contributed by atoms with Gasteiger partial charge in [-0.3, -0.25) is 4.79 Å². The molecule has 0 radical (unpaired) electrons. The van der Waals surface area contributed by atoms with Gasteiger partial charge >= 0.3 is 11.9 Å². The first kappa shape index (κ1) is 11.3. The van der Waals surface area contributed by atoms with Crippen molar-refractivity contribution in [1.82, 2.24) is 4.90 Å². The fraction of sp³-hybridized carbons (Fsp3) is 0.400. The molecule has 0 aliphatic heterocycles. The van der Waals surface area contributed by atoms with E-state index in [-0.39, 0.29) is 6.61 Å². The lowest BCUT2D eigenvalue weighted by molar-refractivity contribution is -0.159. The third kappa shape index (κ3) is 3.12. The van der Waals surface area contributed by atoms with E-state index in [1.807, 2.05) is 0 Å². The molecule has 1 aromatic rings. The van der Waals surface area contributed by atoms with Gasteiger partial charge in [-0.25, -0.2) is 4.79 Å². The Balaban J connectivity index is 2.50. The number of furan rings is 1. The fourth-order valence-corrected chi connectivity index (χ4v) is 1.08. The highest BCUT2D eigenvalue weighted by molar-refractivity contribution is 6.32. The number of rotatable bonds is 3. The average molecular weight is 211 g/mol. The summed E-state index contributed by atoms with van der Waals surface area (Å²) in [5, 5.41) is 0. The van der Waals surface area contributed by atoms with Crippen LogP contribution in [-0.4, -0.2) is 30.4 Å². The van der Waals surface area contributed by atoms with E-state index in [0.717, 1.165) is 5.56 Å². The Morgan fingerprint density at radius 1 is 1.53 bits per heavy atom. The van der Waals surface area contributed by atoms with Gasteiger partial charge in [-0.15, -0.1) is 0 Å². The Bertz CT molecular complexity index is 331. The van der Waals surface area contributed by atoms with Gasteiger partial charge in [-0.2, -0.15) is 0 Å². The quantitative estimate of drug-likeness (QED) is 0.548. The Hall–Kier alpha value is -1.78. The Morgan fingerprint density at radius 2 is 2.27 bits per heavy atom. The highest BCUT2D eigenvalue weighted by Crippen LogP contribution is 2.04. The monoisotopic (exact) mass is 211 g/mol. The van der Waals surface area contributed by atoms with Crippen LogP contribution in [0.3, 0.4) is 0 Å². The number of carbonyl (C=O) groups is 2. The molecule has 5 nitrogen and oxygen atoms in total. The van der Waals surface area contributed by atoms with E-state index >= 15 is 0 Å². The van der Waals surface area contributed by atoms with Crippen molar-refractivity contribution in [2.75, 3.05) is 13.7 Å². The summed E-state index contributed by atoms with van der Waals surface area (Å²) in [6, 6.07) is 1.73. The normalized spacial score (nSPS) is 9.73. The van der Waals surface area contributed by atoms with Crippen LogP contribution in [0.5, 0.6) is 0 Å². The van der Waals surface area contributed by atoms with Crippen LogP contribution in [0, 0.1) is 0 Å². The van der Waals surface area contributed by atoms with Crippen molar-refractivity contribution in [3.05, 3.63) is 24.2 Å². The third-order valence-corrected chi connectivity index (χ3v) is 1.80. The molecular formula is C10H13NO4. The molecule has 0 unspecified atom stereocenters. The van der Waals surface area contributed by atoms with Crippen molar-refractivity contribution in [3.8, 4) is 0 Å². The molecule has 15 heavy (non-hydrogen) atoms. The molecule has 1 amide bonds. The molecule has 1 rings (SSSR count). The maximum atomic E-state index is 11.4. The number of nitrogens with zero attached hydrogens (tertiary/aromatic N) is 1. The van der Waals surface area contributed by atoms with E-state index in [9.17, 15) is 9.59 Å². The first-order valence-electron chi connectivity index (χ1n) is 4.58. The second-order valence-electron chi connectivity index (χ2n) is 3.01. The van der Waals surface area contributed by atoms with Gasteiger partial charge in [0.15, 0.2) is 0 Å². The summed E-state index contributed by atoms with van der Waals surface area (Å²) in [5.74, 6) is -1.48. The minimum Gasteiger partial charge on any atom is -0.472 e. The lowest BCUT2D eigenvalue weighted by atomic mass is 10.3. The van der Waals surface area contributed by atoms with Crippen molar-refractivity contribution in [1.29, 1.82) is 0 Å². The highest BCUT2D eigenvalue weighted by Gasteiger charge is 2.19. The van der Waals surface area contributed by atoms with E-state index < -0.39 is 11.9 Å². The molecule has 1 aromatic heterocycles. The molecule has 0 saturated carbocycles. The molecule has 0 saturated heterocycles. The zero-order valence-electron chi connectivity index (χ0n) is 8.73. The second kappa shape index (κ2) is 5.19. The largest absolute Gasteiger partial charge is 0.472 e. The second-order valence-corrected chi connectivity index (χ2v) is 3.01. The molecular weight excluding hydrogens is 198 g/mol. The van der Waals surface area contributed by atoms with Gasteiger partial charge < -0.3 is 14.1 Å². The van der Waals surface area contributed by atoms with Gasteiger partial charge in [0.25, 0.3) is 0 Å². The molecule has 0 aliphatic carbocycles. The molecule has 0 fully saturated rings. The van der Waals surface area contributed by atoms with Gasteiger partial charge in [0.05, 0.1) is 19.1 Å². The Labute approximate surface area is 87.6 Å². The third-order valence-electron chi connectivity index (χ3n) is 1.80. The zero-order chi connectivity index (χ0) is 11.3. The molecule has 0 aliphatic rings. The van der Waals surface area contributed by atoms with Crippen molar-refractivity contribution >= 4 is 11.9 Å². The summed E-state index contributed by atoms with van der Waals surface area (Å²) in [5.41, 5.74) is 0.829. The summed E-state index contributed by atoms with van der Waals surface area (Å²) < 4.78 is 9.44. The summed E-state index contributed by atoms with van der Waals surface area (Å²) in [4.78, 5) is 23.7. The lowest BCUT2D eigenvalue weighted by Gasteiger charge is -2.14. The average Bonchev–Trinajstić information content (AvgIpc) is 2.69. The molecule has 0 N–H and O–H groups in total. The summed E-state index contributed by atoms with van der Waals surface area (Å²) in [6.07, 6.45) is 3.03. The van der Waals surface area contributed by atoms with Gasteiger partial charge in [0.1, 0.15) is 0 Å². The van der Waals surface area contributed by atoms with Crippen LogP contribution in [0.4, 0.5) is 0 Å². The fourth-order valence-electron chi connectivity index (χ4n) is 1.08. The Kier molecular flexibility index (Phi) is 3.91. The van der Waals surface area contributed by atoms with Crippen LogP contribution in [-0.2, 0) is 20.9 Å². The highest BCUT2D eigenvalue weighted by atomic mass is 16.5. The molecule has 0 atom stereocenters. The predicted octanol–water partition coefficient (Wildman–Crippen LogP) is 0.801. The number of esters is 1. The van der Waals surface area contributed by atoms with E-state index in [1.54, 1.807) is 13.0 Å². The first-order valence-corrected chi connectivity index (χ1v) is 4.58. The molecule has 1 heterocycles. The van der Waals surface area contributed by atoms with Crippen LogP contribution >= 0.6 is 0 Å². The molecule has 82 valence electrons. The van der Waals surface area contributed by atoms with Crippen molar-refractivity contribution in [2.24, 2.45) is 0 Å². The molecule has 0 spiro atoms. The van der Waals surface area contributed by atoms with Crippen molar-refractivity contribution < 1.29 is 18.7 Å². The van der Waals surface area contributed by atoms with E-state index in [0.29, 0.717) is 6.54 Å². The number of likely N-dealkylation sites (N-methyl/N-ethyl adjacent to an activating group) is 1. The molecule has 0 aromatic carbocycles. The predicted molar refractivity (Wildman–Crippen MR) is 51.8 cm³/mol. The minimum absolute atomic E-state index is 0.199. The van der Waals surface area contributed by atoms with E-state index in [4.69, 9.17) is 4.42 Å². The van der Waals surface area contributed by atoms with Crippen LogP contribution in [0.15, 0.2) is 23.0 Å². The van der Waals surface area contributed by atoms with Gasteiger partial charge in [-0.1, -0.05) is 0 Å². The van der Waals surface area contributed by atoms with Crippen LogP contribution in [0.2, 0.25) is 0 Å². The minimum atomic E-state index is -0.830. The smallest absolute Gasteiger partial charge is 0.397 e. The topological polar surface area (TPSA) is 59.8 Å². The van der Waals surface area contributed by atoms with Crippen molar-refractivity contribution in [3.63, 3.8) is 0 Å². The molecule has 5 heteroatoms. The Morgan fingerprint density at radius 3 is 2.80 bits per heavy atom. The zero-order valence-corrected chi connectivity index (χ0v) is 8.73. The van der Waals surface area contributed by atoms with Crippen LogP contribution in [0.1, 0.15) is 12.5 Å². The van der Waals surface area contributed by atoms with Gasteiger partial charge in [-0.05, 0) is 13.0 Å².